The van der Waals surface area contributed by atoms with Crippen LogP contribution in [-0.4, -0.2) is 31.2 Å². The molecule has 0 bridgehead atoms. The average Bonchev–Trinajstić information content (AvgIpc) is 3.30. The Morgan fingerprint density at radius 3 is 2.80 bits per heavy atom. The molecule has 0 aromatic heterocycles. The maximum absolute atomic E-state index is 12.3. The van der Waals surface area contributed by atoms with Gasteiger partial charge >= 0.3 is 11.9 Å². The SMILES string of the molecule is CCOc1cc(/C=C2/N=C(c3ccc4c(c3)OCO4)OC2=O)cc(I)c1OC(C)=O. The first-order valence-electron chi connectivity index (χ1n) is 9.02. The second kappa shape index (κ2) is 8.34. The molecule has 2 aromatic carbocycles. The zero-order chi connectivity index (χ0) is 21.3. The van der Waals surface area contributed by atoms with Crippen LogP contribution < -0.4 is 18.9 Å². The summed E-state index contributed by atoms with van der Waals surface area (Å²) in [5, 5.41) is 0. The number of esters is 2. The molecule has 8 nitrogen and oxygen atoms in total. The number of cyclic esters (lactones) is 1. The molecule has 0 radical (unpaired) electrons. The lowest BCUT2D eigenvalue weighted by molar-refractivity contribution is -0.132. The predicted octanol–water partition coefficient (Wildman–Crippen LogP) is 3.69. The molecule has 0 fully saturated rings. The normalized spacial score (nSPS) is 15.8. The van der Waals surface area contributed by atoms with Crippen molar-refractivity contribution < 1.29 is 33.3 Å². The van der Waals surface area contributed by atoms with Crippen LogP contribution in [0.2, 0.25) is 0 Å². The van der Waals surface area contributed by atoms with Gasteiger partial charge in [0, 0.05) is 12.5 Å². The molecule has 0 atom stereocenters. The quantitative estimate of drug-likeness (QED) is 0.257. The molecule has 2 aromatic rings. The molecule has 30 heavy (non-hydrogen) atoms. The van der Waals surface area contributed by atoms with Crippen LogP contribution in [0.5, 0.6) is 23.0 Å². The number of carbonyl (C=O) groups is 2. The van der Waals surface area contributed by atoms with E-state index in [1.807, 2.05) is 29.5 Å². The summed E-state index contributed by atoms with van der Waals surface area (Å²) >= 11 is 2.04. The van der Waals surface area contributed by atoms with Gasteiger partial charge in [-0.15, -0.1) is 0 Å². The monoisotopic (exact) mass is 521 g/mol. The minimum absolute atomic E-state index is 0.140. The summed E-state index contributed by atoms with van der Waals surface area (Å²) in [6.45, 7) is 3.69. The first kappa shape index (κ1) is 20.2. The van der Waals surface area contributed by atoms with Gasteiger partial charge in [0.2, 0.25) is 12.7 Å². The number of rotatable bonds is 5. The van der Waals surface area contributed by atoms with Crippen molar-refractivity contribution >= 4 is 46.5 Å². The molecule has 0 spiro atoms. The number of aliphatic imine (C=N–C) groups is 1. The highest BCUT2D eigenvalue weighted by Gasteiger charge is 2.26. The van der Waals surface area contributed by atoms with Gasteiger partial charge in [0.15, 0.2) is 28.7 Å². The molecule has 154 valence electrons. The summed E-state index contributed by atoms with van der Waals surface area (Å²) in [5.41, 5.74) is 1.40. The van der Waals surface area contributed by atoms with E-state index in [2.05, 4.69) is 4.99 Å². The fourth-order valence-corrected chi connectivity index (χ4v) is 3.63. The van der Waals surface area contributed by atoms with E-state index in [4.69, 9.17) is 23.7 Å². The Morgan fingerprint density at radius 1 is 1.23 bits per heavy atom. The van der Waals surface area contributed by atoms with Gasteiger partial charge in [-0.2, -0.15) is 0 Å². The second-order valence-electron chi connectivity index (χ2n) is 6.26. The standard InChI is InChI=1S/C21H16INO7/c1-3-26-18-8-12(6-14(22)19(18)29-11(2)24)7-15-21(25)30-20(23-15)13-4-5-16-17(9-13)28-10-27-16/h4-9H,3,10H2,1-2H3/b15-7+. The van der Waals surface area contributed by atoms with Crippen molar-refractivity contribution in [1.29, 1.82) is 0 Å². The van der Waals surface area contributed by atoms with Crippen molar-refractivity contribution in [3.8, 4) is 23.0 Å². The highest BCUT2D eigenvalue weighted by atomic mass is 127. The van der Waals surface area contributed by atoms with Crippen molar-refractivity contribution in [2.45, 2.75) is 13.8 Å². The molecule has 9 heteroatoms. The number of nitrogens with zero attached hydrogens (tertiary/aromatic N) is 1. The van der Waals surface area contributed by atoms with Crippen molar-refractivity contribution in [2.75, 3.05) is 13.4 Å². The third kappa shape index (κ3) is 4.11. The number of hydrogen-bond acceptors (Lipinski definition) is 8. The van der Waals surface area contributed by atoms with E-state index in [0.717, 1.165) is 0 Å². The van der Waals surface area contributed by atoms with Gasteiger partial charge in [-0.25, -0.2) is 9.79 Å². The van der Waals surface area contributed by atoms with Crippen molar-refractivity contribution in [1.82, 2.24) is 0 Å². The lowest BCUT2D eigenvalue weighted by Gasteiger charge is -2.12. The third-order valence-electron chi connectivity index (χ3n) is 4.12. The van der Waals surface area contributed by atoms with E-state index in [1.54, 1.807) is 36.4 Å². The van der Waals surface area contributed by atoms with Gasteiger partial charge in [0.05, 0.1) is 10.2 Å². The van der Waals surface area contributed by atoms with Gasteiger partial charge in [0.25, 0.3) is 0 Å². The number of ether oxygens (including phenoxy) is 5. The zero-order valence-electron chi connectivity index (χ0n) is 16.1. The molecule has 0 amide bonds. The van der Waals surface area contributed by atoms with Crippen LogP contribution in [0.4, 0.5) is 0 Å². The van der Waals surface area contributed by atoms with Gasteiger partial charge in [-0.05, 0) is 71.5 Å². The number of halogens is 1. The number of hydrogen-bond donors (Lipinski definition) is 0. The Hall–Kier alpha value is -3.08. The molecular weight excluding hydrogens is 505 g/mol. The van der Waals surface area contributed by atoms with Gasteiger partial charge in [0.1, 0.15) is 0 Å². The van der Waals surface area contributed by atoms with Crippen LogP contribution in [0, 0.1) is 3.57 Å². The lowest BCUT2D eigenvalue weighted by atomic mass is 10.1. The summed E-state index contributed by atoms with van der Waals surface area (Å²) in [6.07, 6.45) is 1.59. The van der Waals surface area contributed by atoms with Gasteiger partial charge in [-0.3, -0.25) is 4.79 Å². The first-order chi connectivity index (χ1) is 14.4. The minimum Gasteiger partial charge on any atom is -0.490 e. The zero-order valence-corrected chi connectivity index (χ0v) is 18.2. The molecule has 2 heterocycles. The highest BCUT2D eigenvalue weighted by molar-refractivity contribution is 14.1. The molecule has 0 N–H and O–H groups in total. The van der Waals surface area contributed by atoms with Gasteiger partial charge in [-0.1, -0.05) is 0 Å². The summed E-state index contributed by atoms with van der Waals surface area (Å²) in [7, 11) is 0. The fourth-order valence-electron chi connectivity index (χ4n) is 2.90. The molecule has 0 saturated carbocycles. The van der Waals surface area contributed by atoms with Crippen LogP contribution in [0.25, 0.3) is 6.08 Å². The summed E-state index contributed by atoms with van der Waals surface area (Å²) < 4.78 is 27.5. The van der Waals surface area contributed by atoms with E-state index in [0.29, 0.717) is 44.3 Å². The Labute approximate surface area is 185 Å². The Kier molecular flexibility index (Phi) is 5.62. The lowest BCUT2D eigenvalue weighted by Crippen LogP contribution is -2.06. The summed E-state index contributed by atoms with van der Waals surface area (Å²) in [5.74, 6) is 1.10. The Balaban J connectivity index is 1.67. The molecule has 0 saturated heterocycles. The predicted molar refractivity (Wildman–Crippen MR) is 115 cm³/mol. The van der Waals surface area contributed by atoms with E-state index < -0.39 is 11.9 Å². The van der Waals surface area contributed by atoms with E-state index in [1.165, 1.54) is 6.92 Å². The van der Waals surface area contributed by atoms with Crippen LogP contribution in [0.1, 0.15) is 25.0 Å². The van der Waals surface area contributed by atoms with Crippen LogP contribution >= 0.6 is 22.6 Å². The largest absolute Gasteiger partial charge is 0.490 e. The maximum Gasteiger partial charge on any atom is 0.363 e. The van der Waals surface area contributed by atoms with E-state index in [9.17, 15) is 9.59 Å². The summed E-state index contributed by atoms with van der Waals surface area (Å²) in [6, 6.07) is 8.63. The van der Waals surface area contributed by atoms with E-state index in [-0.39, 0.29) is 18.4 Å². The first-order valence-corrected chi connectivity index (χ1v) is 10.1. The molecule has 2 aliphatic rings. The molecular formula is C21H16INO7. The van der Waals surface area contributed by atoms with Crippen LogP contribution in [-0.2, 0) is 14.3 Å². The Morgan fingerprint density at radius 2 is 2.03 bits per heavy atom. The van der Waals surface area contributed by atoms with Gasteiger partial charge < -0.3 is 23.7 Å². The van der Waals surface area contributed by atoms with Crippen LogP contribution in [0.15, 0.2) is 41.0 Å². The van der Waals surface area contributed by atoms with Crippen LogP contribution in [0.3, 0.4) is 0 Å². The smallest absolute Gasteiger partial charge is 0.363 e. The number of fused-ring (bicyclic) bond motifs is 1. The second-order valence-corrected chi connectivity index (χ2v) is 7.42. The van der Waals surface area contributed by atoms with Crippen molar-refractivity contribution in [3.05, 3.63) is 50.7 Å². The van der Waals surface area contributed by atoms with E-state index >= 15 is 0 Å². The maximum atomic E-state index is 12.3. The minimum atomic E-state index is -0.570. The average molecular weight is 521 g/mol. The van der Waals surface area contributed by atoms with Crippen molar-refractivity contribution in [3.63, 3.8) is 0 Å². The highest BCUT2D eigenvalue weighted by Crippen LogP contribution is 2.36. The van der Waals surface area contributed by atoms with Crippen molar-refractivity contribution in [2.24, 2.45) is 4.99 Å². The molecule has 0 unspecified atom stereocenters. The number of carbonyl (C=O) groups excluding carboxylic acids is 2. The Bertz CT molecular complexity index is 1110. The molecule has 2 aliphatic heterocycles. The summed E-state index contributed by atoms with van der Waals surface area (Å²) in [4.78, 5) is 28.0. The topological polar surface area (TPSA) is 92.7 Å². The molecule has 4 rings (SSSR count). The number of benzene rings is 2. The third-order valence-corrected chi connectivity index (χ3v) is 4.92. The molecule has 0 aliphatic carbocycles. The fraction of sp³-hybridized carbons (Fsp3) is 0.190.